The summed E-state index contributed by atoms with van der Waals surface area (Å²) in [5.41, 5.74) is 2.79. The minimum Gasteiger partial charge on any atom is -0.375 e. The Morgan fingerprint density at radius 1 is 1.20 bits per heavy atom. The third kappa shape index (κ3) is 3.20. The quantitative estimate of drug-likeness (QED) is 0.514. The van der Waals surface area contributed by atoms with Crippen LogP contribution in [0.2, 0.25) is 0 Å². The topological polar surface area (TPSA) is 72.2 Å². The second-order valence-electron chi connectivity index (χ2n) is 4.49. The monoisotopic (exact) mass is 270 g/mol. The van der Waals surface area contributed by atoms with Crippen molar-refractivity contribution in [2.24, 2.45) is 0 Å². The summed E-state index contributed by atoms with van der Waals surface area (Å²) in [4.78, 5) is 21.2. The van der Waals surface area contributed by atoms with Gasteiger partial charge in [0.2, 0.25) is 0 Å². The van der Waals surface area contributed by atoms with Gasteiger partial charge in [-0.2, -0.15) is 0 Å². The number of hydrogen-bond donors (Lipinski definition) is 1. The molecule has 0 amide bonds. The van der Waals surface area contributed by atoms with Gasteiger partial charge in [0.05, 0.1) is 4.92 Å². The molecule has 2 aromatic carbocycles. The maximum atomic E-state index is 11.0. The van der Waals surface area contributed by atoms with E-state index in [0.717, 1.165) is 11.1 Å². The van der Waals surface area contributed by atoms with Crippen molar-refractivity contribution in [3.05, 3.63) is 69.3 Å². The van der Waals surface area contributed by atoms with Gasteiger partial charge in [0.15, 0.2) is 0 Å². The van der Waals surface area contributed by atoms with Gasteiger partial charge in [-0.25, -0.2) is 0 Å². The maximum absolute atomic E-state index is 11.0. The number of nitro groups is 1. The summed E-state index contributed by atoms with van der Waals surface area (Å²) in [5.74, 6) is 0. The largest absolute Gasteiger partial charge is 0.375 e. The molecule has 1 N–H and O–H groups in total. The summed E-state index contributed by atoms with van der Waals surface area (Å²) in [5, 5.41) is 14.0. The SMILES string of the molecule is Cc1ccc(CNc2ccc(C=O)cc2[N+](=O)[O-])cc1. The van der Waals surface area contributed by atoms with Crippen LogP contribution in [0.1, 0.15) is 21.5 Å². The maximum Gasteiger partial charge on any atom is 0.293 e. The smallest absolute Gasteiger partial charge is 0.293 e. The number of nitro benzene ring substituents is 1. The molecule has 0 atom stereocenters. The molecule has 20 heavy (non-hydrogen) atoms. The summed E-state index contributed by atoms with van der Waals surface area (Å²) in [6.45, 7) is 2.49. The minimum absolute atomic E-state index is 0.0956. The summed E-state index contributed by atoms with van der Waals surface area (Å²) in [6, 6.07) is 12.3. The molecule has 0 aliphatic carbocycles. The van der Waals surface area contributed by atoms with E-state index in [4.69, 9.17) is 0 Å². The number of aryl methyl sites for hydroxylation is 1. The predicted octanol–water partition coefficient (Wildman–Crippen LogP) is 3.33. The number of anilines is 1. The van der Waals surface area contributed by atoms with E-state index in [0.29, 0.717) is 18.5 Å². The minimum atomic E-state index is -0.496. The van der Waals surface area contributed by atoms with E-state index in [2.05, 4.69) is 5.32 Å². The van der Waals surface area contributed by atoms with Gasteiger partial charge in [0, 0.05) is 18.2 Å². The summed E-state index contributed by atoms with van der Waals surface area (Å²) in [7, 11) is 0. The van der Waals surface area contributed by atoms with Crippen molar-refractivity contribution in [1.29, 1.82) is 0 Å². The first kappa shape index (κ1) is 13.7. The fraction of sp³-hybridized carbons (Fsp3) is 0.133. The highest BCUT2D eigenvalue weighted by atomic mass is 16.6. The van der Waals surface area contributed by atoms with Crippen LogP contribution in [-0.2, 0) is 6.54 Å². The molecular formula is C15H14N2O3. The van der Waals surface area contributed by atoms with Crippen molar-refractivity contribution in [3.8, 4) is 0 Å². The number of carbonyl (C=O) groups is 1. The highest BCUT2D eigenvalue weighted by molar-refractivity contribution is 5.79. The standard InChI is InChI=1S/C15H14N2O3/c1-11-2-4-12(5-3-11)9-16-14-7-6-13(10-18)8-15(14)17(19)20/h2-8,10,16H,9H2,1H3. The van der Waals surface area contributed by atoms with Gasteiger partial charge >= 0.3 is 0 Å². The fourth-order valence-corrected chi connectivity index (χ4v) is 1.83. The van der Waals surface area contributed by atoms with Crippen LogP contribution in [0.4, 0.5) is 11.4 Å². The van der Waals surface area contributed by atoms with Crippen LogP contribution < -0.4 is 5.32 Å². The molecule has 0 saturated heterocycles. The Kier molecular flexibility index (Phi) is 4.10. The predicted molar refractivity (Wildman–Crippen MR) is 77.0 cm³/mol. The van der Waals surface area contributed by atoms with Gasteiger partial charge < -0.3 is 5.32 Å². The molecule has 2 aromatic rings. The highest BCUT2D eigenvalue weighted by Gasteiger charge is 2.14. The Bertz CT molecular complexity index is 636. The van der Waals surface area contributed by atoms with Crippen molar-refractivity contribution in [2.75, 3.05) is 5.32 Å². The second-order valence-corrected chi connectivity index (χ2v) is 4.49. The average molecular weight is 270 g/mol. The van der Waals surface area contributed by atoms with Crippen LogP contribution in [0.3, 0.4) is 0 Å². The molecule has 0 radical (unpaired) electrons. The van der Waals surface area contributed by atoms with Crippen molar-refractivity contribution >= 4 is 17.7 Å². The van der Waals surface area contributed by atoms with Gasteiger partial charge in [-0.1, -0.05) is 29.8 Å². The Balaban J connectivity index is 2.18. The van der Waals surface area contributed by atoms with Gasteiger partial charge in [0.25, 0.3) is 5.69 Å². The first-order valence-electron chi connectivity index (χ1n) is 6.13. The van der Waals surface area contributed by atoms with E-state index in [1.807, 2.05) is 31.2 Å². The lowest BCUT2D eigenvalue weighted by Gasteiger charge is -2.08. The fourth-order valence-electron chi connectivity index (χ4n) is 1.83. The van der Waals surface area contributed by atoms with Gasteiger partial charge in [-0.3, -0.25) is 14.9 Å². The van der Waals surface area contributed by atoms with Gasteiger partial charge in [-0.15, -0.1) is 0 Å². The molecule has 0 spiro atoms. The number of carbonyl (C=O) groups excluding carboxylic acids is 1. The normalized spacial score (nSPS) is 10.1. The zero-order chi connectivity index (χ0) is 14.5. The van der Waals surface area contributed by atoms with E-state index in [1.54, 1.807) is 12.1 Å². The Morgan fingerprint density at radius 3 is 2.50 bits per heavy atom. The van der Waals surface area contributed by atoms with E-state index in [9.17, 15) is 14.9 Å². The molecule has 0 aliphatic heterocycles. The summed E-state index contributed by atoms with van der Waals surface area (Å²) >= 11 is 0. The number of hydrogen-bond acceptors (Lipinski definition) is 4. The molecule has 0 aliphatic rings. The molecule has 2 rings (SSSR count). The zero-order valence-corrected chi connectivity index (χ0v) is 11.0. The van der Waals surface area contributed by atoms with Crippen LogP contribution in [0.5, 0.6) is 0 Å². The second kappa shape index (κ2) is 5.97. The molecule has 5 nitrogen and oxygen atoms in total. The molecule has 0 bridgehead atoms. The van der Waals surface area contributed by atoms with Gasteiger partial charge in [0.1, 0.15) is 12.0 Å². The average Bonchev–Trinajstić information content (AvgIpc) is 2.46. The molecule has 0 fully saturated rings. The Morgan fingerprint density at radius 2 is 1.90 bits per heavy atom. The summed E-state index contributed by atoms with van der Waals surface area (Å²) < 4.78 is 0. The molecule has 0 unspecified atom stereocenters. The number of rotatable bonds is 5. The lowest BCUT2D eigenvalue weighted by atomic mass is 10.1. The van der Waals surface area contributed by atoms with Crippen LogP contribution >= 0.6 is 0 Å². The Labute approximate surface area is 116 Å². The van der Waals surface area contributed by atoms with Crippen molar-refractivity contribution in [2.45, 2.75) is 13.5 Å². The molecule has 0 aromatic heterocycles. The lowest BCUT2D eigenvalue weighted by Crippen LogP contribution is -2.03. The van der Waals surface area contributed by atoms with Crippen LogP contribution in [0, 0.1) is 17.0 Å². The van der Waals surface area contributed by atoms with Crippen LogP contribution in [-0.4, -0.2) is 11.2 Å². The van der Waals surface area contributed by atoms with Crippen molar-refractivity contribution < 1.29 is 9.72 Å². The first-order chi connectivity index (χ1) is 9.60. The van der Waals surface area contributed by atoms with Gasteiger partial charge in [-0.05, 0) is 24.6 Å². The molecule has 0 heterocycles. The molecule has 102 valence electrons. The zero-order valence-electron chi connectivity index (χ0n) is 11.0. The van der Waals surface area contributed by atoms with E-state index in [1.165, 1.54) is 6.07 Å². The lowest BCUT2D eigenvalue weighted by molar-refractivity contribution is -0.384. The first-order valence-corrected chi connectivity index (χ1v) is 6.13. The number of nitrogens with zero attached hydrogens (tertiary/aromatic N) is 1. The number of nitrogens with one attached hydrogen (secondary N) is 1. The molecule has 0 saturated carbocycles. The third-order valence-electron chi connectivity index (χ3n) is 2.96. The number of benzene rings is 2. The molecular weight excluding hydrogens is 256 g/mol. The number of aldehydes is 1. The third-order valence-corrected chi connectivity index (χ3v) is 2.96. The van der Waals surface area contributed by atoms with E-state index >= 15 is 0 Å². The Hall–Kier alpha value is -2.69. The molecule has 5 heteroatoms. The van der Waals surface area contributed by atoms with Crippen molar-refractivity contribution in [3.63, 3.8) is 0 Å². The van der Waals surface area contributed by atoms with Crippen molar-refractivity contribution in [1.82, 2.24) is 0 Å². The van der Waals surface area contributed by atoms with E-state index < -0.39 is 4.92 Å². The van der Waals surface area contributed by atoms with Crippen LogP contribution in [0.25, 0.3) is 0 Å². The highest BCUT2D eigenvalue weighted by Crippen LogP contribution is 2.25. The van der Waals surface area contributed by atoms with E-state index in [-0.39, 0.29) is 11.3 Å². The summed E-state index contributed by atoms with van der Waals surface area (Å²) in [6.07, 6.45) is 0.594. The van der Waals surface area contributed by atoms with Crippen LogP contribution in [0.15, 0.2) is 42.5 Å².